The molecule has 0 aliphatic carbocycles. The molecule has 4 heteroatoms. The second-order valence-corrected chi connectivity index (χ2v) is 6.28. The number of amides is 1. The topological polar surface area (TPSA) is 52.6 Å². The molecular formula is C16H22N2O2. The summed E-state index contributed by atoms with van der Waals surface area (Å²) >= 11 is 0. The van der Waals surface area contributed by atoms with Crippen molar-refractivity contribution >= 4 is 5.91 Å². The molecule has 1 atom stereocenters. The Morgan fingerprint density at radius 3 is 2.75 bits per heavy atom. The van der Waals surface area contributed by atoms with Gasteiger partial charge in [0.1, 0.15) is 0 Å². The maximum Gasteiger partial charge on any atom is 0.251 e. The van der Waals surface area contributed by atoms with Crippen LogP contribution in [0.5, 0.6) is 0 Å². The van der Waals surface area contributed by atoms with Gasteiger partial charge in [-0.2, -0.15) is 0 Å². The third kappa shape index (κ3) is 2.23. The fraction of sp³-hybridized carbons (Fsp3) is 0.562. The van der Waals surface area contributed by atoms with Gasteiger partial charge in [0.15, 0.2) is 0 Å². The molecule has 1 saturated heterocycles. The van der Waals surface area contributed by atoms with Crippen molar-refractivity contribution in [1.82, 2.24) is 10.2 Å². The zero-order chi connectivity index (χ0) is 14.3. The first-order chi connectivity index (χ1) is 9.48. The van der Waals surface area contributed by atoms with E-state index in [1.54, 1.807) is 0 Å². The molecule has 1 unspecified atom stereocenters. The lowest BCUT2D eigenvalue weighted by molar-refractivity contribution is -0.0302. The largest absolute Gasteiger partial charge is 0.385 e. The Morgan fingerprint density at radius 1 is 1.35 bits per heavy atom. The van der Waals surface area contributed by atoms with Crippen LogP contribution in [0.2, 0.25) is 0 Å². The number of hydrogen-bond acceptors (Lipinski definition) is 3. The SMILES string of the molecule is CN1CCC(C(C)(O)c2ccc3c(c2)C(=O)NC3)CC1. The van der Waals surface area contributed by atoms with Gasteiger partial charge in [-0.3, -0.25) is 4.79 Å². The molecule has 1 fully saturated rings. The summed E-state index contributed by atoms with van der Waals surface area (Å²) in [5.41, 5.74) is 1.75. The zero-order valence-electron chi connectivity index (χ0n) is 12.1. The molecule has 0 spiro atoms. The van der Waals surface area contributed by atoms with Crippen LogP contribution in [0.1, 0.15) is 41.3 Å². The van der Waals surface area contributed by atoms with E-state index in [0.717, 1.165) is 42.6 Å². The number of likely N-dealkylation sites (tertiary alicyclic amines) is 1. The highest BCUT2D eigenvalue weighted by Crippen LogP contribution is 2.37. The van der Waals surface area contributed by atoms with E-state index in [4.69, 9.17) is 0 Å². The maximum atomic E-state index is 11.8. The second-order valence-electron chi connectivity index (χ2n) is 6.28. The number of fused-ring (bicyclic) bond motifs is 1. The Morgan fingerprint density at radius 2 is 2.05 bits per heavy atom. The first-order valence-corrected chi connectivity index (χ1v) is 7.31. The Kier molecular flexibility index (Phi) is 3.30. The van der Waals surface area contributed by atoms with E-state index in [9.17, 15) is 9.90 Å². The second kappa shape index (κ2) is 4.86. The molecule has 1 aromatic carbocycles. The highest BCUT2D eigenvalue weighted by molar-refractivity contribution is 5.98. The lowest BCUT2D eigenvalue weighted by Crippen LogP contribution is -2.40. The normalized spacial score (nSPS) is 23.2. The van der Waals surface area contributed by atoms with Crippen LogP contribution in [0.15, 0.2) is 18.2 Å². The van der Waals surface area contributed by atoms with E-state index in [-0.39, 0.29) is 11.8 Å². The molecule has 2 aliphatic heterocycles. The molecule has 1 amide bonds. The molecule has 0 saturated carbocycles. The van der Waals surface area contributed by atoms with E-state index in [1.807, 2.05) is 25.1 Å². The Labute approximate surface area is 119 Å². The summed E-state index contributed by atoms with van der Waals surface area (Å²) in [6.45, 7) is 4.53. The summed E-state index contributed by atoms with van der Waals surface area (Å²) in [6.07, 6.45) is 1.99. The summed E-state index contributed by atoms with van der Waals surface area (Å²) in [4.78, 5) is 14.1. The van der Waals surface area contributed by atoms with Gasteiger partial charge in [0.25, 0.3) is 5.91 Å². The number of rotatable bonds is 2. The molecule has 20 heavy (non-hydrogen) atoms. The van der Waals surface area contributed by atoms with Gasteiger partial charge < -0.3 is 15.3 Å². The third-order valence-electron chi connectivity index (χ3n) is 4.89. The highest BCUT2D eigenvalue weighted by Gasteiger charge is 2.36. The molecular weight excluding hydrogens is 252 g/mol. The average molecular weight is 274 g/mol. The molecule has 0 bridgehead atoms. The van der Waals surface area contributed by atoms with Crippen LogP contribution in [0, 0.1) is 5.92 Å². The number of carbonyl (C=O) groups is 1. The summed E-state index contributed by atoms with van der Waals surface area (Å²) in [6, 6.07) is 5.80. The minimum Gasteiger partial charge on any atom is -0.385 e. The van der Waals surface area contributed by atoms with Crippen molar-refractivity contribution in [2.24, 2.45) is 5.92 Å². The first kappa shape index (κ1) is 13.6. The average Bonchev–Trinajstić information content (AvgIpc) is 2.80. The number of nitrogens with one attached hydrogen (secondary N) is 1. The van der Waals surface area contributed by atoms with Crippen molar-refractivity contribution in [2.75, 3.05) is 20.1 Å². The minimum absolute atomic E-state index is 0.0268. The number of carbonyl (C=O) groups excluding carboxylic acids is 1. The third-order valence-corrected chi connectivity index (χ3v) is 4.89. The van der Waals surface area contributed by atoms with Gasteiger partial charge in [-0.05, 0) is 63.0 Å². The molecule has 0 radical (unpaired) electrons. The van der Waals surface area contributed by atoms with Gasteiger partial charge >= 0.3 is 0 Å². The van der Waals surface area contributed by atoms with Crippen molar-refractivity contribution < 1.29 is 9.90 Å². The molecule has 3 rings (SSSR count). The molecule has 108 valence electrons. The summed E-state index contributed by atoms with van der Waals surface area (Å²) in [5.74, 6) is 0.224. The van der Waals surface area contributed by atoms with Crippen LogP contribution in [0.3, 0.4) is 0 Å². The minimum atomic E-state index is -0.862. The smallest absolute Gasteiger partial charge is 0.251 e. The van der Waals surface area contributed by atoms with Crippen molar-refractivity contribution in [2.45, 2.75) is 31.9 Å². The van der Waals surface area contributed by atoms with Gasteiger partial charge in [-0.1, -0.05) is 12.1 Å². The first-order valence-electron chi connectivity index (χ1n) is 7.31. The molecule has 0 aromatic heterocycles. The van der Waals surface area contributed by atoms with Crippen LogP contribution >= 0.6 is 0 Å². The summed E-state index contributed by atoms with van der Waals surface area (Å²) in [5, 5.41) is 13.8. The van der Waals surface area contributed by atoms with Crippen molar-refractivity contribution in [1.29, 1.82) is 0 Å². The number of nitrogens with zero attached hydrogens (tertiary/aromatic N) is 1. The molecule has 2 N–H and O–H groups in total. The summed E-state index contributed by atoms with van der Waals surface area (Å²) < 4.78 is 0. The standard InChI is InChI=1S/C16H22N2O2/c1-16(20,12-5-7-18(2)8-6-12)13-4-3-11-10-17-15(19)14(11)9-13/h3-4,9,12,20H,5-8,10H2,1-2H3,(H,17,19). The van der Waals surface area contributed by atoms with E-state index >= 15 is 0 Å². The van der Waals surface area contributed by atoms with Crippen molar-refractivity contribution in [3.8, 4) is 0 Å². The Balaban J connectivity index is 1.87. The fourth-order valence-corrected chi connectivity index (χ4v) is 3.33. The monoisotopic (exact) mass is 274 g/mol. The summed E-state index contributed by atoms with van der Waals surface area (Å²) in [7, 11) is 2.12. The molecule has 1 aromatic rings. The van der Waals surface area contributed by atoms with E-state index < -0.39 is 5.60 Å². The molecule has 2 heterocycles. The van der Waals surface area contributed by atoms with Crippen LogP contribution < -0.4 is 5.32 Å². The van der Waals surface area contributed by atoms with Crippen molar-refractivity contribution in [3.63, 3.8) is 0 Å². The van der Waals surface area contributed by atoms with E-state index in [0.29, 0.717) is 6.54 Å². The van der Waals surface area contributed by atoms with Gasteiger partial charge in [0.2, 0.25) is 0 Å². The highest BCUT2D eigenvalue weighted by atomic mass is 16.3. The number of benzene rings is 1. The molecule has 4 nitrogen and oxygen atoms in total. The Hall–Kier alpha value is -1.39. The van der Waals surface area contributed by atoms with Crippen LogP contribution in [0.25, 0.3) is 0 Å². The van der Waals surface area contributed by atoms with Crippen LogP contribution in [0.4, 0.5) is 0 Å². The zero-order valence-corrected chi connectivity index (χ0v) is 12.1. The lowest BCUT2D eigenvalue weighted by atomic mass is 9.77. The number of piperidine rings is 1. The number of aliphatic hydroxyl groups is 1. The van der Waals surface area contributed by atoms with Crippen molar-refractivity contribution in [3.05, 3.63) is 34.9 Å². The van der Waals surface area contributed by atoms with Gasteiger partial charge in [0, 0.05) is 12.1 Å². The number of hydrogen-bond donors (Lipinski definition) is 2. The maximum absolute atomic E-state index is 11.8. The van der Waals surface area contributed by atoms with Gasteiger partial charge in [0.05, 0.1) is 5.60 Å². The van der Waals surface area contributed by atoms with Crippen LogP contribution in [-0.4, -0.2) is 36.1 Å². The lowest BCUT2D eigenvalue weighted by Gasteiger charge is -2.39. The van der Waals surface area contributed by atoms with Crippen LogP contribution in [-0.2, 0) is 12.1 Å². The molecule has 2 aliphatic rings. The van der Waals surface area contributed by atoms with Gasteiger partial charge in [-0.25, -0.2) is 0 Å². The van der Waals surface area contributed by atoms with Gasteiger partial charge in [-0.15, -0.1) is 0 Å². The van der Waals surface area contributed by atoms with E-state index in [1.165, 1.54) is 0 Å². The van der Waals surface area contributed by atoms with E-state index in [2.05, 4.69) is 17.3 Å². The Bertz CT molecular complexity index is 531. The predicted octanol–water partition coefficient (Wildman–Crippen LogP) is 1.48. The predicted molar refractivity (Wildman–Crippen MR) is 77.4 cm³/mol. The fourth-order valence-electron chi connectivity index (χ4n) is 3.33. The quantitative estimate of drug-likeness (QED) is 0.859.